The highest BCUT2D eigenvalue weighted by Crippen LogP contribution is 2.16. The van der Waals surface area contributed by atoms with Crippen molar-refractivity contribution in [3.05, 3.63) is 51.0 Å². The molecule has 0 atom stereocenters. The van der Waals surface area contributed by atoms with Crippen LogP contribution in [0.15, 0.2) is 29.2 Å². The topological polar surface area (TPSA) is 92.7 Å². The molecule has 7 nitrogen and oxygen atoms in total. The van der Waals surface area contributed by atoms with Crippen LogP contribution in [0.4, 0.5) is 5.82 Å². The summed E-state index contributed by atoms with van der Waals surface area (Å²) in [5.74, 6) is -0.0774. The third kappa shape index (κ3) is 2.46. The molecule has 3 rings (SSSR count). The predicted molar refractivity (Wildman–Crippen MR) is 83.3 cm³/mol. The number of rotatable bonds is 2. The first-order valence-corrected chi connectivity index (χ1v) is 6.83. The zero-order valence-corrected chi connectivity index (χ0v) is 12.6. The van der Waals surface area contributed by atoms with Gasteiger partial charge in [-0.3, -0.25) is 19.4 Å². The second kappa shape index (κ2) is 5.27. The molecule has 3 aromatic heterocycles. The number of pyridine rings is 2. The van der Waals surface area contributed by atoms with Crippen molar-refractivity contribution in [2.24, 2.45) is 7.05 Å². The first-order valence-electron chi connectivity index (χ1n) is 6.45. The van der Waals surface area contributed by atoms with E-state index in [0.29, 0.717) is 22.2 Å². The van der Waals surface area contributed by atoms with Crippen LogP contribution in [0, 0.1) is 6.92 Å². The number of amides is 1. The fourth-order valence-electron chi connectivity index (χ4n) is 2.20. The highest BCUT2D eigenvalue weighted by Gasteiger charge is 2.18. The van der Waals surface area contributed by atoms with Crippen molar-refractivity contribution < 1.29 is 4.79 Å². The Morgan fingerprint density at radius 2 is 2.18 bits per heavy atom. The summed E-state index contributed by atoms with van der Waals surface area (Å²) in [6, 6.07) is 4.77. The average molecular weight is 318 g/mol. The van der Waals surface area contributed by atoms with Gasteiger partial charge in [-0.25, -0.2) is 9.97 Å². The van der Waals surface area contributed by atoms with Gasteiger partial charge in [0, 0.05) is 18.9 Å². The molecule has 1 amide bonds. The fraction of sp³-hybridized carbons (Fsp3) is 0.143. The summed E-state index contributed by atoms with van der Waals surface area (Å²) in [6.07, 6.45) is 1.43. The lowest BCUT2D eigenvalue weighted by Gasteiger charge is -2.06. The number of nitrogens with zero attached hydrogens (tertiary/aromatic N) is 3. The molecule has 0 aliphatic rings. The largest absolute Gasteiger partial charge is 0.307 e. The first kappa shape index (κ1) is 14.3. The van der Waals surface area contributed by atoms with Crippen LogP contribution in [0.25, 0.3) is 11.0 Å². The monoisotopic (exact) mass is 317 g/mol. The number of anilines is 1. The maximum atomic E-state index is 12.5. The summed E-state index contributed by atoms with van der Waals surface area (Å²) < 4.78 is 1.49. The number of hydrogen-bond donors (Lipinski definition) is 2. The molecule has 0 unspecified atom stereocenters. The van der Waals surface area contributed by atoms with Crippen molar-refractivity contribution in [2.45, 2.75) is 6.92 Å². The molecule has 0 aliphatic carbocycles. The van der Waals surface area contributed by atoms with Gasteiger partial charge in [0.25, 0.3) is 11.5 Å². The van der Waals surface area contributed by atoms with Gasteiger partial charge in [-0.15, -0.1) is 0 Å². The van der Waals surface area contributed by atoms with Crippen molar-refractivity contribution in [2.75, 3.05) is 5.32 Å². The number of H-pyrrole nitrogens is 1. The normalized spacial score (nSPS) is 10.9. The average Bonchev–Trinajstić information content (AvgIpc) is 2.75. The van der Waals surface area contributed by atoms with Crippen molar-refractivity contribution >= 4 is 34.4 Å². The fourth-order valence-corrected chi connectivity index (χ4v) is 2.31. The Balaban J connectivity index is 2.07. The third-order valence-electron chi connectivity index (χ3n) is 3.16. The van der Waals surface area contributed by atoms with Crippen LogP contribution in [0.2, 0.25) is 5.02 Å². The van der Waals surface area contributed by atoms with Crippen LogP contribution < -0.4 is 10.9 Å². The van der Waals surface area contributed by atoms with E-state index < -0.39 is 5.91 Å². The van der Waals surface area contributed by atoms with Crippen LogP contribution in [-0.4, -0.2) is 25.7 Å². The third-order valence-corrected chi connectivity index (χ3v) is 3.38. The molecule has 3 heterocycles. The Bertz CT molecular complexity index is 927. The first-order chi connectivity index (χ1) is 10.5. The van der Waals surface area contributed by atoms with Gasteiger partial charge in [0.05, 0.1) is 16.0 Å². The van der Waals surface area contributed by atoms with Gasteiger partial charge in [0.1, 0.15) is 5.82 Å². The Morgan fingerprint density at radius 1 is 1.41 bits per heavy atom. The number of carbonyl (C=O) groups is 1. The van der Waals surface area contributed by atoms with E-state index in [1.165, 1.54) is 10.9 Å². The van der Waals surface area contributed by atoms with E-state index in [1.54, 1.807) is 32.2 Å². The van der Waals surface area contributed by atoms with E-state index in [9.17, 15) is 9.59 Å². The number of hydrogen-bond acceptors (Lipinski definition) is 4. The molecule has 0 fully saturated rings. The van der Waals surface area contributed by atoms with Gasteiger partial charge >= 0.3 is 0 Å². The maximum absolute atomic E-state index is 12.5. The molecule has 22 heavy (non-hydrogen) atoms. The van der Waals surface area contributed by atoms with Gasteiger partial charge in [-0.2, -0.15) is 0 Å². The molecule has 0 aromatic carbocycles. The minimum atomic E-state index is -0.429. The number of aromatic amines is 1. The van der Waals surface area contributed by atoms with Crippen LogP contribution in [0.5, 0.6) is 0 Å². The number of fused-ring (bicyclic) bond motifs is 1. The standard InChI is InChI=1S/C14H12ClN5O2/c1-7-5-9(11-12(17-7)20(2)19-14(11)22)13(21)18-10-4-3-8(15)6-16-10/h3-6H,1-2H3,(H,19,22)(H,16,18,21). The van der Waals surface area contributed by atoms with Gasteiger partial charge in [0.2, 0.25) is 0 Å². The number of carbonyl (C=O) groups excluding carboxylic acids is 1. The SMILES string of the molecule is Cc1cc(C(=O)Nc2ccc(Cl)cn2)c2c(=O)[nH]n(C)c2n1. The zero-order valence-electron chi connectivity index (χ0n) is 11.8. The molecular formula is C14H12ClN5O2. The minimum Gasteiger partial charge on any atom is -0.307 e. The summed E-state index contributed by atoms with van der Waals surface area (Å²) in [5.41, 5.74) is 0.954. The second-order valence-electron chi connectivity index (χ2n) is 4.83. The summed E-state index contributed by atoms with van der Waals surface area (Å²) in [7, 11) is 1.67. The number of halogens is 1. The smallest absolute Gasteiger partial charge is 0.274 e. The predicted octanol–water partition coefficient (Wildman–Crippen LogP) is 1.87. The van der Waals surface area contributed by atoms with E-state index >= 15 is 0 Å². The van der Waals surface area contributed by atoms with E-state index in [-0.39, 0.29) is 16.5 Å². The summed E-state index contributed by atoms with van der Waals surface area (Å²) in [4.78, 5) is 32.7. The molecular weight excluding hydrogens is 306 g/mol. The Kier molecular flexibility index (Phi) is 3.42. The van der Waals surface area contributed by atoms with Crippen LogP contribution >= 0.6 is 11.6 Å². The van der Waals surface area contributed by atoms with Crippen molar-refractivity contribution in [3.63, 3.8) is 0 Å². The molecule has 0 bridgehead atoms. The van der Waals surface area contributed by atoms with Crippen LogP contribution in [0.1, 0.15) is 16.1 Å². The molecule has 0 saturated carbocycles. The molecule has 0 radical (unpaired) electrons. The van der Waals surface area contributed by atoms with Crippen molar-refractivity contribution in [1.82, 2.24) is 19.7 Å². The molecule has 0 saturated heterocycles. The highest BCUT2D eigenvalue weighted by atomic mass is 35.5. The Labute approximate surface area is 129 Å². The Morgan fingerprint density at radius 3 is 2.86 bits per heavy atom. The van der Waals surface area contributed by atoms with Crippen molar-refractivity contribution in [3.8, 4) is 0 Å². The number of nitrogens with one attached hydrogen (secondary N) is 2. The number of aryl methyl sites for hydroxylation is 2. The van der Waals surface area contributed by atoms with Gasteiger partial charge in [-0.1, -0.05) is 11.6 Å². The van der Waals surface area contributed by atoms with Gasteiger partial charge < -0.3 is 5.32 Å². The highest BCUT2D eigenvalue weighted by molar-refractivity contribution is 6.30. The van der Waals surface area contributed by atoms with Gasteiger partial charge in [-0.05, 0) is 25.1 Å². The molecule has 3 aromatic rings. The molecule has 8 heteroatoms. The van der Waals surface area contributed by atoms with Crippen LogP contribution in [-0.2, 0) is 7.05 Å². The quantitative estimate of drug-likeness (QED) is 0.754. The molecule has 0 spiro atoms. The summed E-state index contributed by atoms with van der Waals surface area (Å²) in [5, 5.41) is 5.96. The van der Waals surface area contributed by atoms with E-state index in [1.807, 2.05) is 0 Å². The lowest BCUT2D eigenvalue weighted by molar-refractivity contribution is 0.102. The van der Waals surface area contributed by atoms with E-state index in [2.05, 4.69) is 20.4 Å². The minimum absolute atomic E-state index is 0.250. The lowest BCUT2D eigenvalue weighted by Crippen LogP contribution is -2.16. The van der Waals surface area contributed by atoms with Crippen LogP contribution in [0.3, 0.4) is 0 Å². The summed E-state index contributed by atoms with van der Waals surface area (Å²) >= 11 is 5.76. The molecule has 0 aliphatic heterocycles. The van der Waals surface area contributed by atoms with E-state index in [0.717, 1.165) is 0 Å². The zero-order chi connectivity index (χ0) is 15.9. The van der Waals surface area contributed by atoms with Crippen molar-refractivity contribution in [1.29, 1.82) is 0 Å². The van der Waals surface area contributed by atoms with Gasteiger partial charge in [0.15, 0.2) is 5.65 Å². The van der Waals surface area contributed by atoms with E-state index in [4.69, 9.17) is 11.6 Å². The molecule has 2 N–H and O–H groups in total. The lowest BCUT2D eigenvalue weighted by atomic mass is 10.1. The second-order valence-corrected chi connectivity index (χ2v) is 5.26. The molecule has 112 valence electrons. The number of aromatic nitrogens is 4. The Hall–Kier alpha value is -2.67. The maximum Gasteiger partial charge on any atom is 0.274 e. The summed E-state index contributed by atoms with van der Waals surface area (Å²) in [6.45, 7) is 1.76.